The molecule has 0 saturated carbocycles. The molecule has 0 amide bonds. The van der Waals surface area contributed by atoms with Crippen LogP contribution in [-0.2, 0) is 4.79 Å². The van der Waals surface area contributed by atoms with Gasteiger partial charge >= 0.3 is 5.97 Å². The first kappa shape index (κ1) is 15.2. The Kier molecular flexibility index (Phi) is 4.40. The number of carbonyl (C=O) groups is 1. The molecule has 0 atom stereocenters. The molecule has 1 heterocycles. The molecule has 1 aromatic heterocycles. The largest absolute Gasteiger partial charge is 0.481 e. The summed E-state index contributed by atoms with van der Waals surface area (Å²) in [6, 6.07) is 7.87. The zero-order valence-corrected chi connectivity index (χ0v) is 12.7. The van der Waals surface area contributed by atoms with Crippen LogP contribution in [-0.4, -0.2) is 27.8 Å². The lowest BCUT2D eigenvalue weighted by atomic mass is 9.82. The highest BCUT2D eigenvalue weighted by Gasteiger charge is 2.34. The molecule has 2 aromatic rings. The van der Waals surface area contributed by atoms with E-state index in [4.69, 9.17) is 0 Å². The number of carboxylic acids is 1. The van der Waals surface area contributed by atoms with Crippen LogP contribution in [0.25, 0.3) is 10.8 Å². The molecule has 0 spiro atoms. The molecule has 2 rings (SSSR count). The molecule has 112 valence electrons. The third-order valence-electron chi connectivity index (χ3n) is 4.27. The summed E-state index contributed by atoms with van der Waals surface area (Å²) in [5.74, 6) is -0.131. The fourth-order valence-electron chi connectivity index (χ4n) is 2.50. The van der Waals surface area contributed by atoms with Gasteiger partial charge in [0.15, 0.2) is 5.82 Å². The molecule has 0 unspecified atom stereocenters. The molecule has 0 fully saturated rings. The smallest absolute Gasteiger partial charge is 0.311 e. The van der Waals surface area contributed by atoms with Crippen molar-refractivity contribution >= 4 is 22.6 Å². The van der Waals surface area contributed by atoms with Gasteiger partial charge in [-0.3, -0.25) is 4.79 Å². The summed E-state index contributed by atoms with van der Waals surface area (Å²) >= 11 is 0. The molecule has 2 N–H and O–H groups in total. The lowest BCUT2D eigenvalue weighted by molar-refractivity contribution is -0.148. The molecule has 0 aliphatic rings. The molecule has 1 aromatic carbocycles. The quantitative estimate of drug-likeness (QED) is 0.853. The maximum atomic E-state index is 11.5. The zero-order chi connectivity index (χ0) is 15.5. The molecule has 21 heavy (non-hydrogen) atoms. The first-order chi connectivity index (χ1) is 10.0. The number of fused-ring (bicyclic) bond motifs is 1. The van der Waals surface area contributed by atoms with Crippen LogP contribution in [0.2, 0.25) is 0 Å². The summed E-state index contributed by atoms with van der Waals surface area (Å²) < 4.78 is 0. The lowest BCUT2D eigenvalue weighted by Gasteiger charge is -2.27. The van der Waals surface area contributed by atoms with E-state index in [9.17, 15) is 9.90 Å². The number of aryl methyl sites for hydroxylation is 1. The van der Waals surface area contributed by atoms with Crippen LogP contribution >= 0.6 is 0 Å². The summed E-state index contributed by atoms with van der Waals surface area (Å²) in [6.07, 6.45) is 1.14. The third kappa shape index (κ3) is 2.82. The molecule has 5 heteroatoms. The van der Waals surface area contributed by atoms with Crippen molar-refractivity contribution < 1.29 is 9.90 Å². The Morgan fingerprint density at radius 2 is 1.81 bits per heavy atom. The molecule has 0 aliphatic carbocycles. The SMILES string of the molecule is CCC(CC)(CNc1nnc(C)c2ccccc12)C(=O)O. The van der Waals surface area contributed by atoms with Gasteiger partial charge in [-0.15, -0.1) is 5.10 Å². The molecular weight excluding hydrogens is 266 g/mol. The van der Waals surface area contributed by atoms with Gasteiger partial charge in [-0.05, 0) is 19.8 Å². The van der Waals surface area contributed by atoms with Crippen LogP contribution in [0, 0.1) is 12.3 Å². The number of nitrogens with one attached hydrogen (secondary N) is 1. The Balaban J connectivity index is 2.32. The average molecular weight is 287 g/mol. The van der Waals surface area contributed by atoms with Crippen molar-refractivity contribution in [3.8, 4) is 0 Å². The van der Waals surface area contributed by atoms with Gasteiger partial charge in [-0.25, -0.2) is 0 Å². The van der Waals surface area contributed by atoms with Gasteiger partial charge in [0.2, 0.25) is 0 Å². The summed E-state index contributed by atoms with van der Waals surface area (Å²) in [7, 11) is 0. The highest BCUT2D eigenvalue weighted by Crippen LogP contribution is 2.29. The molecule has 0 radical (unpaired) electrons. The first-order valence-electron chi connectivity index (χ1n) is 7.23. The lowest BCUT2D eigenvalue weighted by Crippen LogP contribution is -2.37. The minimum absolute atomic E-state index is 0.344. The predicted molar refractivity (Wildman–Crippen MR) is 83.4 cm³/mol. The normalized spacial score (nSPS) is 11.6. The van der Waals surface area contributed by atoms with Crippen molar-refractivity contribution in [1.29, 1.82) is 0 Å². The molecular formula is C16H21N3O2. The van der Waals surface area contributed by atoms with Crippen LogP contribution in [0.5, 0.6) is 0 Å². The first-order valence-corrected chi connectivity index (χ1v) is 7.23. The second-order valence-corrected chi connectivity index (χ2v) is 5.33. The van der Waals surface area contributed by atoms with E-state index in [1.807, 2.05) is 45.0 Å². The maximum absolute atomic E-state index is 11.5. The summed E-state index contributed by atoms with van der Waals surface area (Å²) in [4.78, 5) is 11.5. The monoisotopic (exact) mass is 287 g/mol. The Morgan fingerprint density at radius 3 is 2.38 bits per heavy atom. The second kappa shape index (κ2) is 6.08. The van der Waals surface area contributed by atoms with E-state index < -0.39 is 11.4 Å². The van der Waals surface area contributed by atoms with E-state index in [0.29, 0.717) is 25.2 Å². The van der Waals surface area contributed by atoms with Crippen molar-refractivity contribution in [1.82, 2.24) is 10.2 Å². The molecule has 5 nitrogen and oxygen atoms in total. The highest BCUT2D eigenvalue weighted by molar-refractivity contribution is 5.93. The van der Waals surface area contributed by atoms with Gasteiger partial charge in [-0.2, -0.15) is 5.10 Å². The van der Waals surface area contributed by atoms with Crippen molar-refractivity contribution in [2.75, 3.05) is 11.9 Å². The Labute approximate surface area is 124 Å². The average Bonchev–Trinajstić information content (AvgIpc) is 2.50. The molecule has 0 bridgehead atoms. The number of benzene rings is 1. The van der Waals surface area contributed by atoms with Crippen LogP contribution in [0.1, 0.15) is 32.4 Å². The fourth-order valence-corrected chi connectivity index (χ4v) is 2.50. The number of anilines is 1. The summed E-state index contributed by atoms with van der Waals surface area (Å²) in [5, 5.41) is 23.0. The number of hydrogen-bond donors (Lipinski definition) is 2. The van der Waals surface area contributed by atoms with Crippen LogP contribution in [0.15, 0.2) is 24.3 Å². The van der Waals surface area contributed by atoms with Gasteiger partial charge in [0.25, 0.3) is 0 Å². The minimum Gasteiger partial charge on any atom is -0.481 e. The number of carboxylic acid groups (broad SMARTS) is 1. The number of hydrogen-bond acceptors (Lipinski definition) is 4. The fraction of sp³-hybridized carbons (Fsp3) is 0.438. The van der Waals surface area contributed by atoms with E-state index in [1.54, 1.807) is 0 Å². The van der Waals surface area contributed by atoms with E-state index in [0.717, 1.165) is 16.5 Å². The van der Waals surface area contributed by atoms with Gasteiger partial charge < -0.3 is 10.4 Å². The number of nitrogens with zero attached hydrogens (tertiary/aromatic N) is 2. The van der Waals surface area contributed by atoms with Crippen molar-refractivity contribution in [2.24, 2.45) is 5.41 Å². The van der Waals surface area contributed by atoms with E-state index in [1.165, 1.54) is 0 Å². The maximum Gasteiger partial charge on any atom is 0.311 e. The summed E-state index contributed by atoms with van der Waals surface area (Å²) in [5.41, 5.74) is 0.0971. The standard InChI is InChI=1S/C16H21N3O2/c1-4-16(5-2,15(20)21)10-17-14-13-9-7-6-8-12(13)11(3)18-19-14/h6-9H,4-5,10H2,1-3H3,(H,17,19)(H,20,21). The zero-order valence-electron chi connectivity index (χ0n) is 12.7. The van der Waals surface area contributed by atoms with Crippen molar-refractivity contribution in [3.05, 3.63) is 30.0 Å². The second-order valence-electron chi connectivity index (χ2n) is 5.33. The van der Waals surface area contributed by atoms with Gasteiger partial charge in [0.05, 0.1) is 11.1 Å². The van der Waals surface area contributed by atoms with Crippen LogP contribution in [0.3, 0.4) is 0 Å². The van der Waals surface area contributed by atoms with E-state index >= 15 is 0 Å². The third-order valence-corrected chi connectivity index (χ3v) is 4.27. The number of aliphatic carboxylic acids is 1. The topological polar surface area (TPSA) is 75.1 Å². The van der Waals surface area contributed by atoms with Gasteiger partial charge in [0, 0.05) is 17.3 Å². The van der Waals surface area contributed by atoms with Crippen LogP contribution < -0.4 is 5.32 Å². The predicted octanol–water partition coefficient (Wildman–Crippen LogP) is 3.24. The minimum atomic E-state index is -0.774. The number of rotatable bonds is 6. The van der Waals surface area contributed by atoms with E-state index in [-0.39, 0.29) is 0 Å². The Hall–Kier alpha value is -2.17. The highest BCUT2D eigenvalue weighted by atomic mass is 16.4. The van der Waals surface area contributed by atoms with E-state index in [2.05, 4.69) is 15.5 Å². The molecule has 0 aliphatic heterocycles. The van der Waals surface area contributed by atoms with Crippen LogP contribution in [0.4, 0.5) is 5.82 Å². The summed E-state index contributed by atoms with van der Waals surface area (Å²) in [6.45, 7) is 6.06. The van der Waals surface area contributed by atoms with Gasteiger partial charge in [0.1, 0.15) is 0 Å². The van der Waals surface area contributed by atoms with Crippen molar-refractivity contribution in [3.63, 3.8) is 0 Å². The van der Waals surface area contributed by atoms with Crippen molar-refractivity contribution in [2.45, 2.75) is 33.6 Å². The Morgan fingerprint density at radius 1 is 1.19 bits per heavy atom. The molecule has 0 saturated heterocycles. The number of aromatic nitrogens is 2. The van der Waals surface area contributed by atoms with Gasteiger partial charge in [-0.1, -0.05) is 38.1 Å². The Bertz CT molecular complexity index is 651.